The Labute approximate surface area is 112 Å². The van der Waals surface area contributed by atoms with Crippen molar-refractivity contribution in [2.24, 2.45) is 0 Å². The van der Waals surface area contributed by atoms with E-state index in [1.54, 1.807) is 6.07 Å². The molecule has 1 aromatic carbocycles. The van der Waals surface area contributed by atoms with Crippen LogP contribution in [-0.2, 0) is 16.8 Å². The largest absolute Gasteiger partial charge is 0.314 e. The summed E-state index contributed by atoms with van der Waals surface area (Å²) in [6, 6.07) is 7.20. The van der Waals surface area contributed by atoms with Crippen molar-refractivity contribution < 1.29 is 8.42 Å². The van der Waals surface area contributed by atoms with Crippen LogP contribution in [0.25, 0.3) is 0 Å². The summed E-state index contributed by atoms with van der Waals surface area (Å²) < 4.78 is 28.0. The van der Waals surface area contributed by atoms with Crippen molar-refractivity contribution in [2.75, 3.05) is 26.2 Å². The zero-order valence-electron chi connectivity index (χ0n) is 9.89. The number of benzene rings is 1. The van der Waals surface area contributed by atoms with Crippen LogP contribution >= 0.6 is 11.6 Å². The lowest BCUT2D eigenvalue weighted by Gasteiger charge is -2.26. The number of nitrogens with zero attached hydrogens (tertiary/aromatic N) is 1. The molecule has 18 heavy (non-hydrogen) atoms. The molecule has 0 amide bonds. The van der Waals surface area contributed by atoms with Crippen LogP contribution in [-0.4, -0.2) is 38.9 Å². The highest BCUT2D eigenvalue weighted by Crippen LogP contribution is 2.15. The van der Waals surface area contributed by atoms with Crippen LogP contribution in [0.15, 0.2) is 24.3 Å². The lowest BCUT2D eigenvalue weighted by Crippen LogP contribution is -2.50. The first-order valence-electron chi connectivity index (χ1n) is 5.78. The number of hydrogen-bond donors (Lipinski definition) is 2. The Morgan fingerprint density at radius 3 is 2.61 bits per heavy atom. The first kappa shape index (κ1) is 13.8. The highest BCUT2D eigenvalue weighted by atomic mass is 35.5. The standard InChI is InChI=1S/C11H16ClN3O2S/c12-11-4-2-1-3-10(11)9-14-18(16,17)15-7-5-13-6-8-15/h1-4,13-14H,5-9H2. The van der Waals surface area contributed by atoms with Crippen molar-refractivity contribution in [3.8, 4) is 0 Å². The molecule has 1 aromatic rings. The lowest BCUT2D eigenvalue weighted by atomic mass is 10.2. The van der Waals surface area contributed by atoms with Crippen LogP contribution in [0.4, 0.5) is 0 Å². The quantitative estimate of drug-likeness (QED) is 0.852. The second kappa shape index (κ2) is 5.99. The van der Waals surface area contributed by atoms with Crippen molar-refractivity contribution in [2.45, 2.75) is 6.54 Å². The molecule has 0 aliphatic carbocycles. The maximum Gasteiger partial charge on any atom is 0.279 e. The first-order chi connectivity index (χ1) is 8.59. The van der Waals surface area contributed by atoms with Crippen LogP contribution in [0, 0.1) is 0 Å². The van der Waals surface area contributed by atoms with Crippen LogP contribution in [0.3, 0.4) is 0 Å². The number of piperazine rings is 1. The molecule has 2 rings (SSSR count). The summed E-state index contributed by atoms with van der Waals surface area (Å²) in [6.07, 6.45) is 0. The van der Waals surface area contributed by atoms with Gasteiger partial charge in [-0.15, -0.1) is 0 Å². The smallest absolute Gasteiger partial charge is 0.279 e. The zero-order valence-corrected chi connectivity index (χ0v) is 11.5. The number of rotatable bonds is 4. The van der Waals surface area contributed by atoms with Gasteiger partial charge in [-0.1, -0.05) is 29.8 Å². The average molecular weight is 290 g/mol. The molecule has 7 heteroatoms. The van der Waals surface area contributed by atoms with Crippen LogP contribution in [0.5, 0.6) is 0 Å². The van der Waals surface area contributed by atoms with Gasteiger partial charge in [0.05, 0.1) is 0 Å². The number of halogens is 1. The van der Waals surface area contributed by atoms with Gasteiger partial charge in [0.15, 0.2) is 0 Å². The summed E-state index contributed by atoms with van der Waals surface area (Å²) in [6.45, 7) is 2.58. The Balaban J connectivity index is 1.98. The van der Waals surface area contributed by atoms with Gasteiger partial charge in [-0.2, -0.15) is 17.4 Å². The van der Waals surface area contributed by atoms with Crippen molar-refractivity contribution in [3.63, 3.8) is 0 Å². The van der Waals surface area contributed by atoms with E-state index < -0.39 is 10.2 Å². The van der Waals surface area contributed by atoms with Crippen molar-refractivity contribution in [1.82, 2.24) is 14.3 Å². The third-order valence-electron chi connectivity index (χ3n) is 2.82. The fourth-order valence-electron chi connectivity index (χ4n) is 1.79. The van der Waals surface area contributed by atoms with Crippen molar-refractivity contribution in [3.05, 3.63) is 34.9 Å². The number of nitrogens with one attached hydrogen (secondary N) is 2. The van der Waals surface area contributed by atoms with Gasteiger partial charge in [0.2, 0.25) is 0 Å². The van der Waals surface area contributed by atoms with Gasteiger partial charge in [-0.3, -0.25) is 0 Å². The molecular formula is C11H16ClN3O2S. The number of hydrogen-bond acceptors (Lipinski definition) is 3. The Morgan fingerprint density at radius 1 is 1.28 bits per heavy atom. The molecule has 0 saturated carbocycles. The van der Waals surface area contributed by atoms with Crippen molar-refractivity contribution in [1.29, 1.82) is 0 Å². The normalized spacial score (nSPS) is 17.8. The molecule has 1 aliphatic heterocycles. The topological polar surface area (TPSA) is 61.4 Å². The van der Waals surface area contributed by atoms with Crippen LogP contribution in [0.1, 0.15) is 5.56 Å². The van der Waals surface area contributed by atoms with Gasteiger partial charge in [-0.25, -0.2) is 0 Å². The van der Waals surface area contributed by atoms with E-state index in [-0.39, 0.29) is 6.54 Å². The monoisotopic (exact) mass is 289 g/mol. The minimum absolute atomic E-state index is 0.214. The van der Waals surface area contributed by atoms with Gasteiger partial charge in [-0.05, 0) is 11.6 Å². The van der Waals surface area contributed by atoms with Crippen LogP contribution in [0.2, 0.25) is 5.02 Å². The molecule has 0 spiro atoms. The van der Waals surface area contributed by atoms with Gasteiger partial charge < -0.3 is 5.32 Å². The van der Waals surface area contributed by atoms with Gasteiger partial charge in [0.1, 0.15) is 0 Å². The summed E-state index contributed by atoms with van der Waals surface area (Å²) in [4.78, 5) is 0. The van der Waals surface area contributed by atoms with Gasteiger partial charge in [0.25, 0.3) is 10.2 Å². The summed E-state index contributed by atoms with van der Waals surface area (Å²) in [7, 11) is -3.41. The van der Waals surface area contributed by atoms with Crippen molar-refractivity contribution >= 4 is 21.8 Å². The molecule has 0 radical (unpaired) electrons. The van der Waals surface area contributed by atoms with E-state index in [1.807, 2.05) is 18.2 Å². The fourth-order valence-corrected chi connectivity index (χ4v) is 3.17. The van der Waals surface area contributed by atoms with E-state index in [1.165, 1.54) is 4.31 Å². The van der Waals surface area contributed by atoms with Crippen LogP contribution < -0.4 is 10.0 Å². The molecular weight excluding hydrogens is 274 g/mol. The minimum Gasteiger partial charge on any atom is -0.314 e. The first-order valence-corrected chi connectivity index (χ1v) is 7.60. The molecule has 1 aliphatic rings. The third-order valence-corrected chi connectivity index (χ3v) is 4.74. The maximum absolute atomic E-state index is 12.0. The van der Waals surface area contributed by atoms with Gasteiger partial charge in [0, 0.05) is 37.7 Å². The van der Waals surface area contributed by atoms with E-state index in [0.29, 0.717) is 31.2 Å². The Hall–Kier alpha value is -0.660. The molecule has 0 unspecified atom stereocenters. The Bertz CT molecular complexity index is 501. The fraction of sp³-hybridized carbons (Fsp3) is 0.455. The second-order valence-electron chi connectivity index (χ2n) is 4.07. The molecule has 2 N–H and O–H groups in total. The second-order valence-corrected chi connectivity index (χ2v) is 6.23. The zero-order chi connectivity index (χ0) is 13.0. The van der Waals surface area contributed by atoms with Gasteiger partial charge >= 0.3 is 0 Å². The average Bonchev–Trinajstić information content (AvgIpc) is 2.39. The lowest BCUT2D eigenvalue weighted by molar-refractivity contribution is 0.354. The van der Waals surface area contributed by atoms with E-state index in [0.717, 1.165) is 5.56 Å². The maximum atomic E-state index is 12.0. The molecule has 100 valence electrons. The summed E-state index contributed by atoms with van der Waals surface area (Å²) >= 11 is 5.98. The predicted molar refractivity (Wildman–Crippen MR) is 71.7 cm³/mol. The molecule has 1 heterocycles. The predicted octanol–water partition coefficient (Wildman–Crippen LogP) is 0.580. The Morgan fingerprint density at radius 2 is 1.94 bits per heavy atom. The summed E-state index contributed by atoms with van der Waals surface area (Å²) in [5, 5.41) is 3.68. The molecule has 0 atom stereocenters. The third kappa shape index (κ3) is 3.43. The molecule has 0 aromatic heterocycles. The SMILES string of the molecule is O=S(=O)(NCc1ccccc1Cl)N1CCNCC1. The molecule has 5 nitrogen and oxygen atoms in total. The Kier molecular flexibility index (Phi) is 4.58. The molecule has 1 fully saturated rings. The summed E-state index contributed by atoms with van der Waals surface area (Å²) in [5.41, 5.74) is 0.776. The van der Waals surface area contributed by atoms with E-state index in [4.69, 9.17) is 11.6 Å². The highest BCUT2D eigenvalue weighted by Gasteiger charge is 2.23. The van der Waals surface area contributed by atoms with E-state index in [2.05, 4.69) is 10.0 Å². The highest BCUT2D eigenvalue weighted by molar-refractivity contribution is 7.87. The van der Waals surface area contributed by atoms with E-state index in [9.17, 15) is 8.42 Å². The molecule has 1 saturated heterocycles. The van der Waals surface area contributed by atoms with E-state index >= 15 is 0 Å². The molecule has 0 bridgehead atoms. The summed E-state index contributed by atoms with van der Waals surface area (Å²) in [5.74, 6) is 0. The minimum atomic E-state index is -3.41.